The van der Waals surface area contributed by atoms with E-state index >= 15 is 0 Å². The third-order valence-corrected chi connectivity index (χ3v) is 2.39. The fourth-order valence-electron chi connectivity index (χ4n) is 1.68. The molecule has 1 aliphatic rings. The van der Waals surface area contributed by atoms with Crippen LogP contribution in [0.3, 0.4) is 0 Å². The molecule has 2 nitrogen and oxygen atoms in total. The zero-order chi connectivity index (χ0) is 9.10. The molecule has 0 spiro atoms. The van der Waals surface area contributed by atoms with E-state index in [1.807, 2.05) is 6.07 Å². The maximum Gasteiger partial charge on any atom is 0.0369 e. The Bertz CT molecular complexity index is 277. The molecule has 0 amide bonds. The minimum atomic E-state index is 1.08. The topological polar surface area (TPSA) is 15.3 Å². The second-order valence-electron chi connectivity index (χ2n) is 3.41. The number of piperazine rings is 1. The van der Waals surface area contributed by atoms with E-state index in [1.54, 1.807) is 0 Å². The molecule has 1 fully saturated rings. The van der Waals surface area contributed by atoms with Gasteiger partial charge >= 0.3 is 0 Å². The second-order valence-corrected chi connectivity index (χ2v) is 3.41. The van der Waals surface area contributed by atoms with Crippen molar-refractivity contribution in [1.82, 2.24) is 5.32 Å². The predicted octanol–water partition coefficient (Wildman–Crippen LogP) is 1.28. The zero-order valence-corrected chi connectivity index (χ0v) is 7.79. The molecule has 0 bridgehead atoms. The summed E-state index contributed by atoms with van der Waals surface area (Å²) in [6.45, 7) is 8.30. The van der Waals surface area contributed by atoms with Crippen LogP contribution in [0.25, 0.3) is 0 Å². The summed E-state index contributed by atoms with van der Waals surface area (Å²) in [7, 11) is 0. The molecule has 0 atom stereocenters. The Balaban J connectivity index is 2.14. The molecular weight excluding hydrogens is 160 g/mol. The molecule has 1 aromatic carbocycles. The monoisotopic (exact) mass is 175 g/mol. The van der Waals surface area contributed by atoms with E-state index < -0.39 is 0 Å². The highest BCUT2D eigenvalue weighted by Crippen LogP contribution is 2.15. The van der Waals surface area contributed by atoms with Crippen LogP contribution in [-0.4, -0.2) is 26.2 Å². The maximum atomic E-state index is 3.93. The van der Waals surface area contributed by atoms with E-state index in [0.29, 0.717) is 0 Å². The van der Waals surface area contributed by atoms with Crippen LogP contribution in [0, 0.1) is 6.92 Å². The van der Waals surface area contributed by atoms with Gasteiger partial charge in [-0.15, -0.1) is 0 Å². The molecule has 1 aromatic rings. The Morgan fingerprint density at radius 3 is 2.69 bits per heavy atom. The van der Waals surface area contributed by atoms with Gasteiger partial charge in [-0.2, -0.15) is 0 Å². The highest BCUT2D eigenvalue weighted by Gasteiger charge is 2.09. The van der Waals surface area contributed by atoms with Gasteiger partial charge in [-0.25, -0.2) is 0 Å². The van der Waals surface area contributed by atoms with Crippen molar-refractivity contribution in [3.8, 4) is 0 Å². The number of benzene rings is 1. The van der Waals surface area contributed by atoms with Crippen molar-refractivity contribution < 1.29 is 0 Å². The van der Waals surface area contributed by atoms with Gasteiger partial charge in [-0.1, -0.05) is 12.1 Å². The second kappa shape index (κ2) is 3.79. The average Bonchev–Trinajstić information content (AvgIpc) is 2.19. The molecule has 0 saturated carbocycles. The number of anilines is 1. The van der Waals surface area contributed by atoms with Gasteiger partial charge < -0.3 is 10.2 Å². The molecule has 2 rings (SSSR count). The van der Waals surface area contributed by atoms with Gasteiger partial charge in [0.05, 0.1) is 0 Å². The minimum absolute atomic E-state index is 1.08. The van der Waals surface area contributed by atoms with Crippen LogP contribution in [0.15, 0.2) is 24.3 Å². The molecule has 0 aromatic heterocycles. The Morgan fingerprint density at radius 2 is 2.00 bits per heavy atom. The van der Waals surface area contributed by atoms with E-state index in [2.05, 4.69) is 35.3 Å². The lowest BCUT2D eigenvalue weighted by Gasteiger charge is -2.29. The fraction of sp³-hybridized carbons (Fsp3) is 0.364. The van der Waals surface area contributed by atoms with Gasteiger partial charge in [-0.05, 0) is 24.6 Å². The molecule has 1 radical (unpaired) electrons. The van der Waals surface area contributed by atoms with Crippen molar-refractivity contribution in [3.63, 3.8) is 0 Å². The lowest BCUT2D eigenvalue weighted by atomic mass is 10.2. The Hall–Kier alpha value is -1.02. The summed E-state index contributed by atoms with van der Waals surface area (Å²) in [6, 6.07) is 8.40. The molecule has 0 aliphatic carbocycles. The molecule has 1 N–H and O–H groups in total. The summed E-state index contributed by atoms with van der Waals surface area (Å²) in [5, 5.41) is 3.34. The van der Waals surface area contributed by atoms with Crippen LogP contribution < -0.4 is 10.2 Å². The molecule has 2 heteroatoms. The third-order valence-electron chi connectivity index (χ3n) is 2.39. The number of hydrogen-bond donors (Lipinski definition) is 1. The van der Waals surface area contributed by atoms with Crippen LogP contribution in [0.2, 0.25) is 0 Å². The first-order valence-corrected chi connectivity index (χ1v) is 4.74. The summed E-state index contributed by atoms with van der Waals surface area (Å²) in [5.74, 6) is 0. The van der Waals surface area contributed by atoms with Crippen molar-refractivity contribution in [1.29, 1.82) is 0 Å². The Morgan fingerprint density at radius 1 is 1.23 bits per heavy atom. The lowest BCUT2D eigenvalue weighted by molar-refractivity contribution is 0.589. The van der Waals surface area contributed by atoms with Gasteiger partial charge in [0.2, 0.25) is 0 Å². The highest BCUT2D eigenvalue weighted by molar-refractivity contribution is 5.49. The predicted molar refractivity (Wildman–Crippen MR) is 56.0 cm³/mol. The smallest absolute Gasteiger partial charge is 0.0369 e. The van der Waals surface area contributed by atoms with Crippen LogP contribution in [0.4, 0.5) is 5.69 Å². The summed E-state index contributed by atoms with van der Waals surface area (Å²) in [6.07, 6.45) is 0. The summed E-state index contributed by atoms with van der Waals surface area (Å²) >= 11 is 0. The summed E-state index contributed by atoms with van der Waals surface area (Å²) in [4.78, 5) is 2.39. The van der Waals surface area contributed by atoms with E-state index in [0.717, 1.165) is 31.7 Å². The minimum Gasteiger partial charge on any atom is -0.369 e. The van der Waals surface area contributed by atoms with Crippen molar-refractivity contribution in [3.05, 3.63) is 36.8 Å². The standard InChI is InChI=1S/C11H15N2/c1-10-3-2-4-11(9-10)13-7-5-12-6-8-13/h2-4,9,12H,1,5-8H2. The molecular formula is C11H15N2. The Labute approximate surface area is 79.6 Å². The average molecular weight is 175 g/mol. The number of nitrogens with one attached hydrogen (secondary N) is 1. The quantitative estimate of drug-likeness (QED) is 0.691. The van der Waals surface area contributed by atoms with Crippen LogP contribution in [-0.2, 0) is 0 Å². The summed E-state index contributed by atoms with van der Waals surface area (Å²) in [5.41, 5.74) is 2.39. The molecule has 1 saturated heterocycles. The first-order chi connectivity index (χ1) is 6.36. The number of rotatable bonds is 1. The van der Waals surface area contributed by atoms with Crippen molar-refractivity contribution in [2.75, 3.05) is 31.1 Å². The molecule has 13 heavy (non-hydrogen) atoms. The van der Waals surface area contributed by atoms with Crippen LogP contribution in [0.5, 0.6) is 0 Å². The number of hydrogen-bond acceptors (Lipinski definition) is 2. The van der Waals surface area contributed by atoms with E-state index in [-0.39, 0.29) is 0 Å². The van der Waals surface area contributed by atoms with E-state index in [4.69, 9.17) is 0 Å². The fourth-order valence-corrected chi connectivity index (χ4v) is 1.68. The van der Waals surface area contributed by atoms with E-state index in [1.165, 1.54) is 5.69 Å². The highest BCUT2D eigenvalue weighted by atomic mass is 15.2. The third kappa shape index (κ3) is 2.01. The largest absolute Gasteiger partial charge is 0.369 e. The molecule has 0 unspecified atom stereocenters. The van der Waals surface area contributed by atoms with Crippen molar-refractivity contribution in [2.45, 2.75) is 0 Å². The summed E-state index contributed by atoms with van der Waals surface area (Å²) < 4.78 is 0. The first-order valence-electron chi connectivity index (χ1n) is 4.74. The van der Waals surface area contributed by atoms with Crippen LogP contribution >= 0.6 is 0 Å². The molecule has 1 heterocycles. The SMILES string of the molecule is [CH2]c1cccc(N2CCNCC2)c1. The van der Waals surface area contributed by atoms with Crippen LogP contribution in [0.1, 0.15) is 5.56 Å². The molecule has 1 aliphatic heterocycles. The maximum absolute atomic E-state index is 3.93. The van der Waals surface area contributed by atoms with Gasteiger partial charge in [0, 0.05) is 31.9 Å². The first kappa shape index (κ1) is 8.57. The Kier molecular flexibility index (Phi) is 2.50. The van der Waals surface area contributed by atoms with Gasteiger partial charge in [0.15, 0.2) is 0 Å². The van der Waals surface area contributed by atoms with Crippen molar-refractivity contribution in [2.24, 2.45) is 0 Å². The van der Waals surface area contributed by atoms with Gasteiger partial charge in [0.25, 0.3) is 0 Å². The lowest BCUT2D eigenvalue weighted by Crippen LogP contribution is -2.43. The molecule has 69 valence electrons. The normalized spacial score (nSPS) is 17.5. The van der Waals surface area contributed by atoms with Crippen molar-refractivity contribution >= 4 is 5.69 Å². The zero-order valence-electron chi connectivity index (χ0n) is 7.79. The van der Waals surface area contributed by atoms with E-state index in [9.17, 15) is 0 Å². The van der Waals surface area contributed by atoms with Gasteiger partial charge in [-0.3, -0.25) is 0 Å². The number of nitrogens with zero attached hydrogens (tertiary/aromatic N) is 1. The van der Waals surface area contributed by atoms with Gasteiger partial charge in [0.1, 0.15) is 0 Å².